The minimum Gasteiger partial charge on any atom is -0.494 e. The number of aryl methyl sites for hydroxylation is 1. The molecule has 94 valence electrons. The van der Waals surface area contributed by atoms with Gasteiger partial charge in [0, 0.05) is 23.0 Å². The second-order valence-corrected chi connectivity index (χ2v) is 4.02. The minimum absolute atomic E-state index is 0.662. The van der Waals surface area contributed by atoms with E-state index in [-0.39, 0.29) is 0 Å². The fourth-order valence-corrected chi connectivity index (χ4v) is 1.63. The van der Waals surface area contributed by atoms with E-state index in [0.717, 1.165) is 28.5 Å². The van der Waals surface area contributed by atoms with Gasteiger partial charge in [0.2, 0.25) is 0 Å². The summed E-state index contributed by atoms with van der Waals surface area (Å²) in [6, 6.07) is 7.84. The zero-order valence-electron chi connectivity index (χ0n) is 10.9. The van der Waals surface area contributed by atoms with Crippen LogP contribution in [0.25, 0.3) is 0 Å². The summed E-state index contributed by atoms with van der Waals surface area (Å²) in [4.78, 5) is 8.40. The number of ether oxygens (including phenoxy) is 1. The van der Waals surface area contributed by atoms with Crippen molar-refractivity contribution in [2.75, 3.05) is 11.9 Å². The molecule has 0 saturated heterocycles. The van der Waals surface area contributed by atoms with Crippen molar-refractivity contribution < 1.29 is 4.74 Å². The molecule has 0 radical (unpaired) electrons. The first-order valence-electron chi connectivity index (χ1n) is 5.98. The molecule has 0 aliphatic heterocycles. The standard InChI is InChI=1S/C14H17N3O/c1-4-18-13-7-5-6-12(8-13)17-14-10(2)11(3)15-9-16-14/h5-9H,4H2,1-3H3,(H,15,16,17). The molecule has 0 aliphatic rings. The molecular formula is C14H17N3O. The number of anilines is 2. The Labute approximate surface area is 107 Å². The molecule has 0 unspecified atom stereocenters. The summed E-state index contributed by atoms with van der Waals surface area (Å²) in [5, 5.41) is 3.28. The van der Waals surface area contributed by atoms with Gasteiger partial charge >= 0.3 is 0 Å². The molecule has 0 aliphatic carbocycles. The van der Waals surface area contributed by atoms with E-state index in [9.17, 15) is 0 Å². The second-order valence-electron chi connectivity index (χ2n) is 4.02. The van der Waals surface area contributed by atoms with Gasteiger partial charge in [-0.25, -0.2) is 9.97 Å². The van der Waals surface area contributed by atoms with E-state index < -0.39 is 0 Å². The maximum Gasteiger partial charge on any atom is 0.136 e. The zero-order valence-corrected chi connectivity index (χ0v) is 10.9. The Morgan fingerprint density at radius 3 is 2.83 bits per heavy atom. The number of hydrogen-bond donors (Lipinski definition) is 1. The molecule has 2 rings (SSSR count). The van der Waals surface area contributed by atoms with Crippen molar-refractivity contribution in [1.82, 2.24) is 9.97 Å². The van der Waals surface area contributed by atoms with Gasteiger partial charge in [-0.1, -0.05) is 6.07 Å². The second kappa shape index (κ2) is 5.49. The van der Waals surface area contributed by atoms with E-state index in [1.165, 1.54) is 0 Å². The molecule has 0 fully saturated rings. The number of aromatic nitrogens is 2. The zero-order chi connectivity index (χ0) is 13.0. The molecule has 0 saturated carbocycles. The van der Waals surface area contributed by atoms with Crippen LogP contribution in [0.5, 0.6) is 5.75 Å². The highest BCUT2D eigenvalue weighted by molar-refractivity contribution is 5.61. The Morgan fingerprint density at radius 1 is 1.22 bits per heavy atom. The van der Waals surface area contributed by atoms with Gasteiger partial charge in [0.25, 0.3) is 0 Å². The number of hydrogen-bond acceptors (Lipinski definition) is 4. The molecule has 0 bridgehead atoms. The van der Waals surface area contributed by atoms with Crippen molar-refractivity contribution >= 4 is 11.5 Å². The molecular weight excluding hydrogens is 226 g/mol. The highest BCUT2D eigenvalue weighted by Crippen LogP contribution is 2.22. The molecule has 1 N–H and O–H groups in total. The predicted molar refractivity (Wildman–Crippen MR) is 72.4 cm³/mol. The highest BCUT2D eigenvalue weighted by Gasteiger charge is 2.04. The van der Waals surface area contributed by atoms with Crippen LogP contribution in [0.4, 0.5) is 11.5 Å². The molecule has 1 aromatic heterocycles. The molecule has 0 atom stereocenters. The van der Waals surface area contributed by atoms with Crippen LogP contribution in [0.1, 0.15) is 18.2 Å². The summed E-state index contributed by atoms with van der Waals surface area (Å²) in [6.07, 6.45) is 1.57. The van der Waals surface area contributed by atoms with Gasteiger partial charge in [0.05, 0.1) is 6.61 Å². The van der Waals surface area contributed by atoms with Gasteiger partial charge in [-0.3, -0.25) is 0 Å². The van der Waals surface area contributed by atoms with Gasteiger partial charge in [0.15, 0.2) is 0 Å². The smallest absolute Gasteiger partial charge is 0.136 e. The molecule has 0 spiro atoms. The lowest BCUT2D eigenvalue weighted by molar-refractivity contribution is 0.340. The summed E-state index contributed by atoms with van der Waals surface area (Å²) in [7, 11) is 0. The van der Waals surface area contributed by atoms with Gasteiger partial charge < -0.3 is 10.1 Å². The normalized spacial score (nSPS) is 10.2. The van der Waals surface area contributed by atoms with Crippen molar-refractivity contribution in [3.8, 4) is 5.75 Å². The Morgan fingerprint density at radius 2 is 2.06 bits per heavy atom. The van der Waals surface area contributed by atoms with Crippen LogP contribution in [-0.4, -0.2) is 16.6 Å². The number of rotatable bonds is 4. The fourth-order valence-electron chi connectivity index (χ4n) is 1.63. The number of benzene rings is 1. The van der Waals surface area contributed by atoms with E-state index in [4.69, 9.17) is 4.74 Å². The molecule has 18 heavy (non-hydrogen) atoms. The van der Waals surface area contributed by atoms with Crippen molar-refractivity contribution in [2.24, 2.45) is 0 Å². The van der Waals surface area contributed by atoms with Gasteiger partial charge in [-0.2, -0.15) is 0 Å². The first-order chi connectivity index (χ1) is 8.70. The monoisotopic (exact) mass is 243 g/mol. The lowest BCUT2D eigenvalue weighted by atomic mass is 10.2. The molecule has 4 nitrogen and oxygen atoms in total. The topological polar surface area (TPSA) is 47.0 Å². The maximum atomic E-state index is 5.47. The Kier molecular flexibility index (Phi) is 3.77. The van der Waals surface area contributed by atoms with E-state index in [1.54, 1.807) is 6.33 Å². The molecule has 4 heteroatoms. The average Bonchev–Trinajstić information content (AvgIpc) is 2.36. The van der Waals surface area contributed by atoms with E-state index in [2.05, 4.69) is 15.3 Å². The van der Waals surface area contributed by atoms with E-state index in [0.29, 0.717) is 6.61 Å². The van der Waals surface area contributed by atoms with Crippen LogP contribution >= 0.6 is 0 Å². The van der Waals surface area contributed by atoms with Crippen LogP contribution in [0.3, 0.4) is 0 Å². The van der Waals surface area contributed by atoms with E-state index >= 15 is 0 Å². The molecule has 1 heterocycles. The fraction of sp³-hybridized carbons (Fsp3) is 0.286. The van der Waals surface area contributed by atoms with Crippen LogP contribution in [-0.2, 0) is 0 Å². The van der Waals surface area contributed by atoms with Gasteiger partial charge in [0.1, 0.15) is 17.9 Å². The highest BCUT2D eigenvalue weighted by atomic mass is 16.5. The summed E-state index contributed by atoms with van der Waals surface area (Å²) >= 11 is 0. The van der Waals surface area contributed by atoms with Crippen molar-refractivity contribution in [3.05, 3.63) is 41.9 Å². The van der Waals surface area contributed by atoms with Crippen LogP contribution < -0.4 is 10.1 Å². The summed E-state index contributed by atoms with van der Waals surface area (Å²) in [5.74, 6) is 1.68. The summed E-state index contributed by atoms with van der Waals surface area (Å²) in [5.41, 5.74) is 3.00. The van der Waals surface area contributed by atoms with Crippen molar-refractivity contribution in [3.63, 3.8) is 0 Å². The third-order valence-corrected chi connectivity index (χ3v) is 2.74. The number of nitrogens with one attached hydrogen (secondary N) is 1. The lowest BCUT2D eigenvalue weighted by Crippen LogP contribution is -2.00. The molecule has 2 aromatic rings. The first kappa shape index (κ1) is 12.4. The van der Waals surface area contributed by atoms with E-state index in [1.807, 2.05) is 45.0 Å². The van der Waals surface area contributed by atoms with Crippen LogP contribution in [0.2, 0.25) is 0 Å². The molecule has 1 aromatic carbocycles. The van der Waals surface area contributed by atoms with Gasteiger partial charge in [-0.05, 0) is 32.9 Å². The van der Waals surface area contributed by atoms with Crippen molar-refractivity contribution in [2.45, 2.75) is 20.8 Å². The van der Waals surface area contributed by atoms with Crippen LogP contribution in [0, 0.1) is 13.8 Å². The number of nitrogens with zero attached hydrogens (tertiary/aromatic N) is 2. The maximum absolute atomic E-state index is 5.47. The Balaban J connectivity index is 2.23. The third-order valence-electron chi connectivity index (χ3n) is 2.74. The predicted octanol–water partition coefficient (Wildman–Crippen LogP) is 3.24. The van der Waals surface area contributed by atoms with Crippen LogP contribution in [0.15, 0.2) is 30.6 Å². The lowest BCUT2D eigenvalue weighted by Gasteiger charge is -2.10. The first-order valence-corrected chi connectivity index (χ1v) is 5.98. The van der Waals surface area contributed by atoms with Crippen molar-refractivity contribution in [1.29, 1.82) is 0 Å². The summed E-state index contributed by atoms with van der Waals surface area (Å²) in [6.45, 7) is 6.61. The largest absolute Gasteiger partial charge is 0.494 e. The Hall–Kier alpha value is -2.10. The quantitative estimate of drug-likeness (QED) is 0.895. The SMILES string of the molecule is CCOc1cccc(Nc2ncnc(C)c2C)c1. The third kappa shape index (κ3) is 2.77. The minimum atomic E-state index is 0.662. The summed E-state index contributed by atoms with van der Waals surface area (Å²) < 4.78 is 5.47. The molecule has 0 amide bonds. The average molecular weight is 243 g/mol. The Bertz CT molecular complexity index is 540. The van der Waals surface area contributed by atoms with Gasteiger partial charge in [-0.15, -0.1) is 0 Å².